The molecule has 0 aliphatic carbocycles. The molecular formula is C14H12ClF2NO2S2. The number of thioether (sulfide) groups is 1. The van der Waals surface area contributed by atoms with Gasteiger partial charge in [0.05, 0.1) is 4.90 Å². The molecule has 22 heavy (non-hydrogen) atoms. The Kier molecular flexibility index (Phi) is 5.80. The summed E-state index contributed by atoms with van der Waals surface area (Å²) in [5, 5.41) is 0.623. The molecule has 1 N–H and O–H groups in total. The lowest BCUT2D eigenvalue weighted by Crippen LogP contribution is -2.26. The molecule has 0 saturated heterocycles. The second-order valence-electron chi connectivity index (χ2n) is 4.31. The molecule has 0 atom stereocenters. The minimum atomic E-state index is -3.93. The minimum Gasteiger partial charge on any atom is -0.210 e. The molecule has 0 spiro atoms. The Morgan fingerprint density at radius 1 is 1.05 bits per heavy atom. The largest absolute Gasteiger partial charge is 0.240 e. The zero-order valence-corrected chi connectivity index (χ0v) is 13.6. The highest BCUT2D eigenvalue weighted by molar-refractivity contribution is 7.99. The van der Waals surface area contributed by atoms with Gasteiger partial charge in [0.1, 0.15) is 11.6 Å². The first-order valence-electron chi connectivity index (χ1n) is 6.21. The molecule has 0 saturated carbocycles. The topological polar surface area (TPSA) is 46.2 Å². The van der Waals surface area contributed by atoms with E-state index in [0.29, 0.717) is 16.8 Å². The molecule has 2 aromatic rings. The Labute approximate surface area is 136 Å². The van der Waals surface area contributed by atoms with Gasteiger partial charge in [-0.3, -0.25) is 0 Å². The van der Waals surface area contributed by atoms with Gasteiger partial charge in [-0.1, -0.05) is 11.6 Å². The number of halogens is 3. The van der Waals surface area contributed by atoms with E-state index in [0.717, 1.165) is 17.0 Å². The molecule has 0 aromatic heterocycles. The van der Waals surface area contributed by atoms with Crippen LogP contribution < -0.4 is 4.72 Å². The van der Waals surface area contributed by atoms with E-state index in [2.05, 4.69) is 4.72 Å². The number of sulfonamides is 1. The molecule has 0 bridgehead atoms. The molecule has 2 rings (SSSR count). The van der Waals surface area contributed by atoms with Gasteiger partial charge in [0.15, 0.2) is 0 Å². The van der Waals surface area contributed by atoms with E-state index < -0.39 is 26.6 Å². The second kappa shape index (κ2) is 7.41. The lowest BCUT2D eigenvalue weighted by atomic mass is 10.3. The van der Waals surface area contributed by atoms with Crippen LogP contribution in [0.5, 0.6) is 0 Å². The lowest BCUT2D eigenvalue weighted by molar-refractivity contribution is 0.562. The smallest absolute Gasteiger partial charge is 0.210 e. The highest BCUT2D eigenvalue weighted by Gasteiger charge is 2.15. The Morgan fingerprint density at radius 2 is 1.64 bits per heavy atom. The van der Waals surface area contributed by atoms with E-state index in [1.807, 2.05) is 12.1 Å². The molecule has 0 fully saturated rings. The Morgan fingerprint density at radius 3 is 2.23 bits per heavy atom. The van der Waals surface area contributed by atoms with Crippen LogP contribution in [0.2, 0.25) is 5.02 Å². The first kappa shape index (κ1) is 17.2. The van der Waals surface area contributed by atoms with Crippen LogP contribution in [0.15, 0.2) is 52.3 Å². The van der Waals surface area contributed by atoms with Crippen LogP contribution in [0.3, 0.4) is 0 Å². The summed E-state index contributed by atoms with van der Waals surface area (Å²) in [6, 6.07) is 9.30. The van der Waals surface area contributed by atoms with Gasteiger partial charge >= 0.3 is 0 Å². The number of nitrogens with one attached hydrogen (secondary N) is 1. The third-order valence-corrected chi connectivity index (χ3v) is 5.33. The van der Waals surface area contributed by atoms with E-state index in [9.17, 15) is 17.2 Å². The van der Waals surface area contributed by atoms with Crippen LogP contribution in [0.4, 0.5) is 8.78 Å². The van der Waals surface area contributed by atoms with Crippen LogP contribution in [-0.2, 0) is 10.0 Å². The Bertz CT molecular complexity index is 732. The summed E-state index contributed by atoms with van der Waals surface area (Å²) in [6.45, 7) is 0.133. The fraction of sp³-hybridized carbons (Fsp3) is 0.143. The second-order valence-corrected chi connectivity index (χ2v) is 7.68. The maximum Gasteiger partial charge on any atom is 0.240 e. The summed E-state index contributed by atoms with van der Waals surface area (Å²) in [4.78, 5) is 0.516. The average molecular weight is 364 g/mol. The van der Waals surface area contributed by atoms with Crippen molar-refractivity contribution in [3.05, 3.63) is 59.1 Å². The number of hydrogen-bond donors (Lipinski definition) is 1. The summed E-state index contributed by atoms with van der Waals surface area (Å²) >= 11 is 7.20. The van der Waals surface area contributed by atoms with Crippen molar-refractivity contribution in [1.82, 2.24) is 4.72 Å². The standard InChI is InChI=1S/C14H12ClF2NO2S2/c15-10-1-3-13(4-2-10)21-6-5-18-22(19,20)14-8-11(16)7-12(17)9-14/h1-4,7-9,18H,5-6H2. The SMILES string of the molecule is O=S(=O)(NCCSc1ccc(Cl)cc1)c1cc(F)cc(F)c1. The van der Waals surface area contributed by atoms with Crippen molar-refractivity contribution in [2.24, 2.45) is 0 Å². The molecule has 118 valence electrons. The van der Waals surface area contributed by atoms with Crippen molar-refractivity contribution in [3.63, 3.8) is 0 Å². The summed E-state index contributed by atoms with van der Waals surface area (Å²) < 4.78 is 52.3. The van der Waals surface area contributed by atoms with Crippen molar-refractivity contribution in [2.45, 2.75) is 9.79 Å². The molecule has 0 aliphatic rings. The van der Waals surface area contributed by atoms with Gasteiger partial charge in [-0.15, -0.1) is 11.8 Å². The maximum absolute atomic E-state index is 13.1. The van der Waals surface area contributed by atoms with Gasteiger partial charge in [-0.25, -0.2) is 21.9 Å². The molecular weight excluding hydrogens is 352 g/mol. The fourth-order valence-corrected chi connectivity index (χ4v) is 3.74. The van der Waals surface area contributed by atoms with E-state index in [4.69, 9.17) is 11.6 Å². The van der Waals surface area contributed by atoms with E-state index in [-0.39, 0.29) is 6.54 Å². The third-order valence-electron chi connectivity index (χ3n) is 2.62. The molecule has 0 aliphatic heterocycles. The van der Waals surface area contributed by atoms with Gasteiger partial charge in [0.25, 0.3) is 0 Å². The monoisotopic (exact) mass is 363 g/mol. The van der Waals surface area contributed by atoms with E-state index in [1.165, 1.54) is 11.8 Å². The Hall–Kier alpha value is -1.15. The summed E-state index contributed by atoms with van der Waals surface area (Å²) in [7, 11) is -3.93. The van der Waals surface area contributed by atoms with Gasteiger partial charge in [0.2, 0.25) is 10.0 Å². The zero-order chi connectivity index (χ0) is 16.2. The molecule has 2 aromatic carbocycles. The van der Waals surface area contributed by atoms with Crippen molar-refractivity contribution in [2.75, 3.05) is 12.3 Å². The number of benzene rings is 2. The van der Waals surface area contributed by atoms with Crippen LogP contribution in [-0.4, -0.2) is 20.7 Å². The summed E-state index contributed by atoms with van der Waals surface area (Å²) in [5.74, 6) is -1.40. The summed E-state index contributed by atoms with van der Waals surface area (Å²) in [5.41, 5.74) is 0. The molecule has 8 heteroatoms. The normalized spacial score (nSPS) is 11.6. The number of hydrogen-bond acceptors (Lipinski definition) is 3. The predicted octanol–water partition coefficient (Wildman–Crippen LogP) is 3.69. The highest BCUT2D eigenvalue weighted by Crippen LogP contribution is 2.20. The van der Waals surface area contributed by atoms with Crippen LogP contribution in [0.25, 0.3) is 0 Å². The van der Waals surface area contributed by atoms with Crippen molar-refractivity contribution < 1.29 is 17.2 Å². The molecule has 0 unspecified atom stereocenters. The fourth-order valence-electron chi connectivity index (χ4n) is 1.64. The molecule has 0 radical (unpaired) electrons. The predicted molar refractivity (Wildman–Crippen MR) is 83.7 cm³/mol. The van der Waals surface area contributed by atoms with Crippen LogP contribution >= 0.6 is 23.4 Å². The quantitative estimate of drug-likeness (QED) is 0.629. The van der Waals surface area contributed by atoms with Gasteiger partial charge in [-0.2, -0.15) is 0 Å². The van der Waals surface area contributed by atoms with Crippen LogP contribution in [0.1, 0.15) is 0 Å². The summed E-state index contributed by atoms with van der Waals surface area (Å²) in [6.07, 6.45) is 0. The first-order valence-corrected chi connectivity index (χ1v) is 9.06. The minimum absolute atomic E-state index is 0.133. The third kappa shape index (κ3) is 4.95. The van der Waals surface area contributed by atoms with Crippen LogP contribution in [0, 0.1) is 11.6 Å². The van der Waals surface area contributed by atoms with Gasteiger partial charge in [-0.05, 0) is 36.4 Å². The average Bonchev–Trinajstić information content (AvgIpc) is 2.44. The van der Waals surface area contributed by atoms with Gasteiger partial charge < -0.3 is 0 Å². The van der Waals surface area contributed by atoms with E-state index >= 15 is 0 Å². The van der Waals surface area contributed by atoms with Gasteiger partial charge in [0, 0.05) is 28.3 Å². The number of rotatable bonds is 6. The van der Waals surface area contributed by atoms with Crippen molar-refractivity contribution in [3.8, 4) is 0 Å². The van der Waals surface area contributed by atoms with Crippen molar-refractivity contribution in [1.29, 1.82) is 0 Å². The molecule has 3 nitrogen and oxygen atoms in total. The molecule has 0 heterocycles. The van der Waals surface area contributed by atoms with Crippen molar-refractivity contribution >= 4 is 33.4 Å². The highest BCUT2D eigenvalue weighted by atomic mass is 35.5. The first-order chi connectivity index (χ1) is 10.4. The molecule has 0 amide bonds. The zero-order valence-electron chi connectivity index (χ0n) is 11.2. The Balaban J connectivity index is 1.91. The lowest BCUT2D eigenvalue weighted by Gasteiger charge is -2.07. The van der Waals surface area contributed by atoms with E-state index in [1.54, 1.807) is 12.1 Å². The maximum atomic E-state index is 13.1.